The average Bonchev–Trinajstić information content (AvgIpc) is 3.17. The molecule has 0 spiro atoms. The molecule has 0 aromatic heterocycles. The van der Waals surface area contributed by atoms with E-state index in [2.05, 4.69) is 27.8 Å². The summed E-state index contributed by atoms with van der Waals surface area (Å²) in [6, 6.07) is -0.915. The van der Waals surface area contributed by atoms with E-state index < -0.39 is 27.8 Å². The summed E-state index contributed by atoms with van der Waals surface area (Å²) in [6.07, 6.45) is 8.43. The van der Waals surface area contributed by atoms with Crippen molar-refractivity contribution in [1.82, 2.24) is 25.2 Å². The minimum atomic E-state index is -3.26. The van der Waals surface area contributed by atoms with Crippen LogP contribution in [0.5, 0.6) is 0 Å². The predicted octanol–water partition coefficient (Wildman–Crippen LogP) is 2.31. The SMILES string of the molecule is CCCCCCCC1C[C@]1(NC(O)[C@@H]1CCCN1CCNC(=O)NC(CN1CCCS1(=O)=O)C(C)(C)C)C(=O)O. The van der Waals surface area contributed by atoms with Gasteiger partial charge in [0, 0.05) is 38.3 Å². The van der Waals surface area contributed by atoms with Gasteiger partial charge in [0.05, 0.1) is 5.75 Å². The Bertz CT molecular complexity index is 957. The van der Waals surface area contributed by atoms with E-state index in [4.69, 9.17) is 0 Å². The molecular weight excluding hydrogens is 534 g/mol. The van der Waals surface area contributed by atoms with Crippen molar-refractivity contribution in [3.8, 4) is 0 Å². The Balaban J connectivity index is 1.45. The van der Waals surface area contributed by atoms with Crippen molar-refractivity contribution in [2.24, 2.45) is 11.3 Å². The van der Waals surface area contributed by atoms with Gasteiger partial charge in [-0.05, 0) is 50.0 Å². The quantitative estimate of drug-likeness (QED) is 0.136. The Labute approximate surface area is 240 Å². The first-order valence-corrected chi connectivity index (χ1v) is 16.9. The molecule has 0 aromatic carbocycles. The van der Waals surface area contributed by atoms with Crippen LogP contribution in [0.1, 0.15) is 91.9 Å². The Kier molecular flexibility index (Phi) is 11.7. The lowest BCUT2D eigenvalue weighted by Crippen LogP contribution is -2.56. The normalized spacial score (nSPS) is 28.3. The molecule has 5 atom stereocenters. The number of urea groups is 1. The van der Waals surface area contributed by atoms with E-state index >= 15 is 0 Å². The van der Waals surface area contributed by atoms with Crippen LogP contribution in [0.15, 0.2) is 0 Å². The smallest absolute Gasteiger partial charge is 0.324 e. The van der Waals surface area contributed by atoms with Gasteiger partial charge in [0.1, 0.15) is 11.8 Å². The van der Waals surface area contributed by atoms with E-state index in [0.29, 0.717) is 32.5 Å². The zero-order chi connectivity index (χ0) is 29.6. The van der Waals surface area contributed by atoms with Crippen LogP contribution < -0.4 is 16.0 Å². The summed E-state index contributed by atoms with van der Waals surface area (Å²) < 4.78 is 26.0. The molecule has 0 bridgehead atoms. The number of carbonyl (C=O) groups is 2. The number of carbonyl (C=O) groups excluding carboxylic acids is 1. The number of aliphatic carboxylic acids is 1. The number of unbranched alkanes of at least 4 members (excludes halogenated alkanes) is 4. The van der Waals surface area contributed by atoms with Gasteiger partial charge in [0.2, 0.25) is 10.0 Å². The predicted molar refractivity (Wildman–Crippen MR) is 155 cm³/mol. The highest BCUT2D eigenvalue weighted by molar-refractivity contribution is 7.89. The van der Waals surface area contributed by atoms with Crippen LogP contribution in [0.2, 0.25) is 0 Å². The van der Waals surface area contributed by atoms with Gasteiger partial charge in [-0.3, -0.25) is 15.0 Å². The Morgan fingerprint density at radius 3 is 2.45 bits per heavy atom. The van der Waals surface area contributed by atoms with Gasteiger partial charge in [-0.1, -0.05) is 59.8 Å². The van der Waals surface area contributed by atoms with Gasteiger partial charge in [0.15, 0.2) is 0 Å². The van der Waals surface area contributed by atoms with Crippen molar-refractivity contribution in [1.29, 1.82) is 0 Å². The summed E-state index contributed by atoms with van der Waals surface area (Å²) in [5.41, 5.74) is -1.37. The number of amides is 2. The van der Waals surface area contributed by atoms with E-state index in [1.807, 2.05) is 20.8 Å². The van der Waals surface area contributed by atoms with Crippen LogP contribution in [0, 0.1) is 11.3 Å². The molecule has 2 aliphatic heterocycles. The molecule has 11 nitrogen and oxygen atoms in total. The number of nitrogens with zero attached hydrogens (tertiary/aromatic N) is 2. The summed E-state index contributed by atoms with van der Waals surface area (Å²) >= 11 is 0. The second kappa shape index (κ2) is 14.1. The van der Waals surface area contributed by atoms with E-state index in [1.54, 1.807) is 0 Å². The lowest BCUT2D eigenvalue weighted by molar-refractivity contribution is -0.143. The van der Waals surface area contributed by atoms with E-state index in [1.165, 1.54) is 23.6 Å². The van der Waals surface area contributed by atoms with Gasteiger partial charge >= 0.3 is 12.0 Å². The maximum absolute atomic E-state index is 12.7. The van der Waals surface area contributed by atoms with Crippen molar-refractivity contribution >= 4 is 22.0 Å². The standard InChI is InChI=1S/C28H53N5O6S/c1-5-6-7-8-9-12-21-19-28(21,25(35)36)31-24(34)22-13-10-15-32(22)17-14-29-26(37)30-23(27(2,3)4)20-33-16-11-18-40(33,38)39/h21-24,31,34H,5-20H2,1-4H3,(H,35,36)(H2,29,30,37)/t21?,22-,23?,24?,28+/m0/s1. The second-order valence-corrected chi connectivity index (χ2v) is 15.2. The minimum Gasteiger partial charge on any atom is -0.480 e. The van der Waals surface area contributed by atoms with Gasteiger partial charge in [-0.25, -0.2) is 13.2 Å². The summed E-state index contributed by atoms with van der Waals surface area (Å²) in [5, 5.41) is 29.9. The third kappa shape index (κ3) is 8.77. The summed E-state index contributed by atoms with van der Waals surface area (Å²) in [7, 11) is -3.26. The third-order valence-electron chi connectivity index (χ3n) is 8.95. The summed E-state index contributed by atoms with van der Waals surface area (Å²) in [5.74, 6) is -0.683. The van der Waals surface area contributed by atoms with Crippen LogP contribution in [0.4, 0.5) is 4.79 Å². The van der Waals surface area contributed by atoms with Crippen molar-refractivity contribution in [2.45, 2.75) is 116 Å². The molecule has 3 rings (SSSR count). The molecule has 2 amide bonds. The Hall–Kier alpha value is -1.47. The van der Waals surface area contributed by atoms with Gasteiger partial charge in [-0.2, -0.15) is 4.31 Å². The van der Waals surface area contributed by atoms with Crippen LogP contribution >= 0.6 is 0 Å². The highest BCUT2D eigenvalue weighted by Gasteiger charge is 2.61. The van der Waals surface area contributed by atoms with Gasteiger partial charge in [0.25, 0.3) is 0 Å². The molecule has 3 fully saturated rings. The highest BCUT2D eigenvalue weighted by atomic mass is 32.2. The third-order valence-corrected chi connectivity index (χ3v) is 10.9. The number of hydrogen-bond donors (Lipinski definition) is 5. The molecule has 3 unspecified atom stereocenters. The molecule has 2 saturated heterocycles. The van der Waals surface area contributed by atoms with Crippen molar-refractivity contribution in [2.75, 3.05) is 38.5 Å². The second-order valence-electron chi connectivity index (χ2n) is 13.1. The number of rotatable bonds is 16. The first-order valence-electron chi connectivity index (χ1n) is 15.3. The summed E-state index contributed by atoms with van der Waals surface area (Å²) in [6.45, 7) is 10.5. The van der Waals surface area contributed by atoms with Gasteiger partial charge < -0.3 is 20.8 Å². The molecule has 40 heavy (non-hydrogen) atoms. The maximum Gasteiger partial charge on any atom is 0.324 e. The molecule has 0 radical (unpaired) electrons. The summed E-state index contributed by atoms with van der Waals surface area (Å²) in [4.78, 5) is 27.0. The fraction of sp³-hybridized carbons (Fsp3) is 0.929. The first kappa shape index (κ1) is 33.0. The molecule has 1 aliphatic carbocycles. The Morgan fingerprint density at radius 1 is 1.10 bits per heavy atom. The highest BCUT2D eigenvalue weighted by Crippen LogP contribution is 2.47. The molecule has 5 N–H and O–H groups in total. The number of aliphatic hydroxyl groups excluding tert-OH is 1. The molecule has 3 aliphatic rings. The van der Waals surface area contributed by atoms with Crippen LogP contribution in [-0.2, 0) is 14.8 Å². The fourth-order valence-electron chi connectivity index (χ4n) is 6.18. The molecular formula is C28H53N5O6S. The van der Waals surface area contributed by atoms with Crippen LogP contribution in [-0.4, -0.2) is 102 Å². The van der Waals surface area contributed by atoms with Crippen molar-refractivity contribution in [3.05, 3.63) is 0 Å². The number of hydrogen-bond acceptors (Lipinski definition) is 7. The van der Waals surface area contributed by atoms with Gasteiger partial charge in [-0.15, -0.1) is 0 Å². The minimum absolute atomic E-state index is 0.0489. The molecule has 232 valence electrons. The lowest BCUT2D eigenvalue weighted by Gasteiger charge is -2.34. The monoisotopic (exact) mass is 587 g/mol. The van der Waals surface area contributed by atoms with E-state index in [9.17, 15) is 28.2 Å². The topological polar surface area (TPSA) is 151 Å². The maximum atomic E-state index is 12.7. The Morgan fingerprint density at radius 2 is 1.82 bits per heavy atom. The van der Waals surface area contributed by atoms with E-state index in [-0.39, 0.29) is 41.7 Å². The molecule has 1 saturated carbocycles. The fourth-order valence-corrected chi connectivity index (χ4v) is 7.71. The van der Waals surface area contributed by atoms with Crippen molar-refractivity contribution < 1.29 is 28.2 Å². The lowest BCUT2D eigenvalue weighted by atomic mass is 9.86. The number of likely N-dealkylation sites (tertiary alicyclic amines) is 1. The number of aliphatic hydroxyl groups is 1. The largest absolute Gasteiger partial charge is 0.480 e. The molecule has 0 aromatic rings. The first-order chi connectivity index (χ1) is 18.8. The van der Waals surface area contributed by atoms with Crippen molar-refractivity contribution in [3.63, 3.8) is 0 Å². The van der Waals surface area contributed by atoms with Crippen LogP contribution in [0.25, 0.3) is 0 Å². The molecule has 12 heteroatoms. The average molecular weight is 588 g/mol. The zero-order valence-corrected chi connectivity index (χ0v) is 25.8. The zero-order valence-electron chi connectivity index (χ0n) is 25.0. The number of carboxylic acid groups (broad SMARTS) is 1. The number of nitrogens with one attached hydrogen (secondary N) is 3. The van der Waals surface area contributed by atoms with E-state index in [0.717, 1.165) is 38.6 Å². The molecule has 2 heterocycles. The van der Waals surface area contributed by atoms with Crippen LogP contribution in [0.3, 0.4) is 0 Å². The number of sulfonamides is 1. The number of carboxylic acids is 1.